The van der Waals surface area contributed by atoms with Gasteiger partial charge in [0.25, 0.3) is 0 Å². The van der Waals surface area contributed by atoms with Crippen molar-refractivity contribution in [3.8, 4) is 11.4 Å². The number of hydrogen-bond donors (Lipinski definition) is 1. The van der Waals surface area contributed by atoms with E-state index in [9.17, 15) is 4.39 Å². The Balaban J connectivity index is 1.23. The Morgan fingerprint density at radius 2 is 2.00 bits per heavy atom. The molecule has 2 atom stereocenters. The quantitative estimate of drug-likeness (QED) is 0.613. The molecule has 0 bridgehead atoms. The minimum Gasteiger partial charge on any atom is -0.379 e. The number of nitrogens with one attached hydrogen (secondary N) is 1. The highest BCUT2D eigenvalue weighted by Gasteiger charge is 2.22. The first-order valence-corrected chi connectivity index (χ1v) is 11.4. The predicted octanol–water partition coefficient (Wildman–Crippen LogP) is 3.45. The molecule has 0 unspecified atom stereocenters. The fourth-order valence-electron chi connectivity index (χ4n) is 4.16. The number of anilines is 3. The van der Waals surface area contributed by atoms with Crippen molar-refractivity contribution in [3.05, 3.63) is 54.6 Å². The molecule has 3 aromatic heterocycles. The number of hydrogen-bond acceptors (Lipinski definition) is 8. The van der Waals surface area contributed by atoms with E-state index in [2.05, 4.69) is 37.1 Å². The molecule has 0 amide bonds. The van der Waals surface area contributed by atoms with Crippen molar-refractivity contribution in [3.63, 3.8) is 0 Å². The van der Waals surface area contributed by atoms with Crippen molar-refractivity contribution in [2.75, 3.05) is 43.1 Å². The molecule has 3 aromatic rings. The van der Waals surface area contributed by atoms with Gasteiger partial charge in [0, 0.05) is 38.4 Å². The minimum atomic E-state index is -0.758. The molecular formula is C24H28FN7O. The molecule has 8 nitrogen and oxygen atoms in total. The number of nitrogens with zero attached hydrogens (tertiary/aromatic N) is 6. The van der Waals surface area contributed by atoms with Crippen LogP contribution in [0.25, 0.3) is 11.4 Å². The zero-order valence-corrected chi connectivity index (χ0v) is 18.7. The van der Waals surface area contributed by atoms with Gasteiger partial charge < -0.3 is 15.0 Å². The second-order valence-corrected chi connectivity index (χ2v) is 8.56. The molecule has 0 aliphatic carbocycles. The maximum atomic E-state index is 13.5. The van der Waals surface area contributed by atoms with Gasteiger partial charge in [-0.05, 0) is 43.7 Å². The first kappa shape index (κ1) is 21.7. The number of alkyl halides is 1. The highest BCUT2D eigenvalue weighted by Crippen LogP contribution is 2.24. The van der Waals surface area contributed by atoms with Gasteiger partial charge in [-0.15, -0.1) is 0 Å². The average Bonchev–Trinajstić information content (AvgIpc) is 3.28. The third-order valence-electron chi connectivity index (χ3n) is 6.11. The molecule has 0 spiro atoms. The molecule has 2 saturated heterocycles. The molecule has 33 heavy (non-hydrogen) atoms. The fraction of sp³-hybridized carbons (Fsp3) is 0.417. The molecule has 0 aromatic carbocycles. The SMILES string of the molecule is C[C@H]1COCCN1Cc1ccc(Nc2nccc(-c3ccc(N4CC[C@H](F)C4)cn3)n2)cn1. The maximum Gasteiger partial charge on any atom is 0.227 e. The largest absolute Gasteiger partial charge is 0.379 e. The van der Waals surface area contributed by atoms with E-state index in [-0.39, 0.29) is 0 Å². The van der Waals surface area contributed by atoms with Crippen LogP contribution in [0.5, 0.6) is 0 Å². The van der Waals surface area contributed by atoms with E-state index in [1.807, 2.05) is 35.2 Å². The van der Waals surface area contributed by atoms with Crippen molar-refractivity contribution in [1.29, 1.82) is 0 Å². The lowest BCUT2D eigenvalue weighted by Crippen LogP contribution is -2.43. The van der Waals surface area contributed by atoms with E-state index in [0.29, 0.717) is 25.0 Å². The van der Waals surface area contributed by atoms with E-state index in [1.165, 1.54) is 0 Å². The van der Waals surface area contributed by atoms with Crippen LogP contribution < -0.4 is 10.2 Å². The topological polar surface area (TPSA) is 79.3 Å². The van der Waals surface area contributed by atoms with Crippen LogP contribution in [0, 0.1) is 0 Å². The van der Waals surface area contributed by atoms with Crippen LogP contribution in [0.2, 0.25) is 0 Å². The second-order valence-electron chi connectivity index (χ2n) is 8.56. The van der Waals surface area contributed by atoms with Crippen LogP contribution in [0.15, 0.2) is 48.9 Å². The monoisotopic (exact) mass is 449 g/mol. The number of aromatic nitrogens is 4. The fourth-order valence-corrected chi connectivity index (χ4v) is 4.16. The van der Waals surface area contributed by atoms with E-state index >= 15 is 0 Å². The second kappa shape index (κ2) is 9.76. The summed E-state index contributed by atoms with van der Waals surface area (Å²) in [4.78, 5) is 22.4. The van der Waals surface area contributed by atoms with E-state index in [1.54, 1.807) is 18.6 Å². The van der Waals surface area contributed by atoms with E-state index in [4.69, 9.17) is 4.74 Å². The van der Waals surface area contributed by atoms with Gasteiger partial charge in [0.05, 0.1) is 54.1 Å². The number of morpholine rings is 1. The van der Waals surface area contributed by atoms with Gasteiger partial charge in [0.15, 0.2) is 0 Å². The Hall–Kier alpha value is -3.17. The Morgan fingerprint density at radius 3 is 2.73 bits per heavy atom. The van der Waals surface area contributed by atoms with Gasteiger partial charge >= 0.3 is 0 Å². The van der Waals surface area contributed by atoms with Gasteiger partial charge in [-0.2, -0.15) is 0 Å². The molecule has 9 heteroatoms. The molecule has 172 valence electrons. The lowest BCUT2D eigenvalue weighted by atomic mass is 10.2. The molecular weight excluding hydrogens is 421 g/mol. The summed E-state index contributed by atoms with van der Waals surface area (Å²) in [5.74, 6) is 0.481. The van der Waals surface area contributed by atoms with Crippen molar-refractivity contribution in [2.45, 2.75) is 32.1 Å². The van der Waals surface area contributed by atoms with Gasteiger partial charge in [-0.3, -0.25) is 14.9 Å². The summed E-state index contributed by atoms with van der Waals surface area (Å²) in [6.45, 7) is 6.60. The first-order chi connectivity index (χ1) is 16.1. The molecule has 0 saturated carbocycles. The third-order valence-corrected chi connectivity index (χ3v) is 6.11. The van der Waals surface area contributed by atoms with Crippen LogP contribution in [0.1, 0.15) is 19.0 Å². The van der Waals surface area contributed by atoms with Crippen molar-refractivity contribution >= 4 is 17.3 Å². The molecule has 5 rings (SSSR count). The van der Waals surface area contributed by atoms with Crippen LogP contribution in [0.3, 0.4) is 0 Å². The molecule has 1 N–H and O–H groups in total. The summed E-state index contributed by atoms with van der Waals surface area (Å²) >= 11 is 0. The minimum absolute atomic E-state index is 0.396. The number of rotatable bonds is 6. The average molecular weight is 450 g/mol. The summed E-state index contributed by atoms with van der Waals surface area (Å²) < 4.78 is 19.0. The zero-order valence-electron chi connectivity index (χ0n) is 18.7. The van der Waals surface area contributed by atoms with Crippen LogP contribution in [-0.4, -0.2) is 69.9 Å². The Morgan fingerprint density at radius 1 is 1.06 bits per heavy atom. The summed E-state index contributed by atoms with van der Waals surface area (Å²) in [6.07, 6.45) is 5.10. The summed E-state index contributed by atoms with van der Waals surface area (Å²) in [5, 5.41) is 3.22. The highest BCUT2D eigenvalue weighted by molar-refractivity contribution is 5.60. The lowest BCUT2D eigenvalue weighted by Gasteiger charge is -2.32. The molecule has 2 aliphatic heterocycles. The van der Waals surface area contributed by atoms with E-state index in [0.717, 1.165) is 61.3 Å². The van der Waals surface area contributed by atoms with Gasteiger partial charge in [0.1, 0.15) is 6.17 Å². The molecule has 2 fully saturated rings. The van der Waals surface area contributed by atoms with Crippen LogP contribution in [-0.2, 0) is 11.3 Å². The van der Waals surface area contributed by atoms with Crippen molar-refractivity contribution in [2.24, 2.45) is 0 Å². The van der Waals surface area contributed by atoms with Gasteiger partial charge in [0.2, 0.25) is 5.95 Å². The third kappa shape index (κ3) is 5.26. The first-order valence-electron chi connectivity index (χ1n) is 11.4. The number of halogens is 1. The van der Waals surface area contributed by atoms with E-state index < -0.39 is 6.17 Å². The maximum absolute atomic E-state index is 13.5. The highest BCUT2D eigenvalue weighted by atomic mass is 19.1. The predicted molar refractivity (Wildman–Crippen MR) is 125 cm³/mol. The Kier molecular flexibility index (Phi) is 6.41. The Bertz CT molecular complexity index is 1060. The lowest BCUT2D eigenvalue weighted by molar-refractivity contribution is -0.00490. The van der Waals surface area contributed by atoms with Crippen molar-refractivity contribution in [1.82, 2.24) is 24.8 Å². The smallest absolute Gasteiger partial charge is 0.227 e. The standard InChI is InChI=1S/C24H28FN7O/c1-17-16-33-11-10-31(17)15-20-3-2-19(12-27-20)29-24-26-8-6-23(30-24)22-5-4-21(13-28-22)32-9-7-18(25)14-32/h2-6,8,12-13,17-18H,7,9-11,14-16H2,1H3,(H,26,29,30)/t17-,18-/m0/s1. The van der Waals surface area contributed by atoms with Crippen LogP contribution >= 0.6 is 0 Å². The zero-order chi connectivity index (χ0) is 22.6. The number of ether oxygens (including phenoxy) is 1. The summed E-state index contributed by atoms with van der Waals surface area (Å²) in [7, 11) is 0. The molecule has 5 heterocycles. The van der Waals surface area contributed by atoms with Crippen molar-refractivity contribution < 1.29 is 9.13 Å². The van der Waals surface area contributed by atoms with Gasteiger partial charge in [-0.25, -0.2) is 14.4 Å². The molecule has 2 aliphatic rings. The molecule has 0 radical (unpaired) electrons. The summed E-state index contributed by atoms with van der Waals surface area (Å²) in [5.41, 5.74) is 4.24. The summed E-state index contributed by atoms with van der Waals surface area (Å²) in [6, 6.07) is 10.1. The normalized spacial score (nSPS) is 21.3. The van der Waals surface area contributed by atoms with Crippen LogP contribution in [0.4, 0.5) is 21.7 Å². The number of pyridine rings is 2. The Labute approximate surface area is 192 Å². The van der Waals surface area contributed by atoms with Gasteiger partial charge in [-0.1, -0.05) is 0 Å².